The lowest BCUT2D eigenvalue weighted by atomic mass is 9.85. The molecule has 1 fully saturated rings. The molecule has 2 rings (SSSR count). The molecule has 1 aromatic carbocycles. The highest BCUT2D eigenvalue weighted by atomic mass is 19.1. The van der Waals surface area contributed by atoms with E-state index in [0.29, 0.717) is 6.54 Å². The monoisotopic (exact) mass is 268 g/mol. The van der Waals surface area contributed by atoms with Crippen LogP contribution < -0.4 is 11.1 Å². The van der Waals surface area contributed by atoms with E-state index in [1.54, 1.807) is 0 Å². The van der Waals surface area contributed by atoms with Crippen LogP contribution in [0.2, 0.25) is 0 Å². The molecule has 0 saturated heterocycles. The molecule has 0 atom stereocenters. The van der Waals surface area contributed by atoms with Crippen molar-refractivity contribution >= 4 is 5.91 Å². The number of amides is 1. The molecule has 1 amide bonds. The molecule has 0 aliphatic heterocycles. The van der Waals surface area contributed by atoms with Crippen LogP contribution in [0.15, 0.2) is 18.2 Å². The second-order valence-electron chi connectivity index (χ2n) is 5.11. The molecule has 0 aromatic heterocycles. The largest absolute Gasteiger partial charge is 0.351 e. The highest BCUT2D eigenvalue weighted by Crippen LogP contribution is 2.37. The van der Waals surface area contributed by atoms with Gasteiger partial charge >= 0.3 is 0 Å². The highest BCUT2D eigenvalue weighted by molar-refractivity contribution is 5.83. The molecular weight excluding hydrogens is 250 g/mol. The van der Waals surface area contributed by atoms with Gasteiger partial charge in [-0.15, -0.1) is 0 Å². The number of carbonyl (C=O) groups is 1. The van der Waals surface area contributed by atoms with Crippen molar-refractivity contribution in [3.8, 4) is 0 Å². The van der Waals surface area contributed by atoms with E-state index < -0.39 is 17.0 Å². The van der Waals surface area contributed by atoms with E-state index in [1.165, 1.54) is 0 Å². The topological polar surface area (TPSA) is 55.1 Å². The Kier molecular flexibility index (Phi) is 4.14. The molecule has 0 unspecified atom stereocenters. The second-order valence-corrected chi connectivity index (χ2v) is 5.11. The lowest BCUT2D eigenvalue weighted by Crippen LogP contribution is -2.43. The Balaban J connectivity index is 2.02. The first-order valence-electron chi connectivity index (χ1n) is 6.50. The fraction of sp³-hybridized carbons (Fsp3) is 0.500. The van der Waals surface area contributed by atoms with Crippen LogP contribution in [-0.2, 0) is 11.3 Å². The lowest BCUT2D eigenvalue weighted by Gasteiger charge is -2.25. The van der Waals surface area contributed by atoms with Gasteiger partial charge < -0.3 is 11.1 Å². The summed E-state index contributed by atoms with van der Waals surface area (Å²) in [7, 11) is 0. The Labute approximate surface area is 111 Å². The molecule has 1 saturated carbocycles. The Morgan fingerprint density at radius 3 is 2.63 bits per heavy atom. The third-order valence-electron chi connectivity index (χ3n) is 3.88. The van der Waals surface area contributed by atoms with Gasteiger partial charge in [-0.25, -0.2) is 8.78 Å². The second kappa shape index (κ2) is 5.65. The van der Waals surface area contributed by atoms with Crippen molar-refractivity contribution < 1.29 is 13.6 Å². The van der Waals surface area contributed by atoms with Crippen LogP contribution in [0.4, 0.5) is 8.78 Å². The zero-order valence-electron chi connectivity index (χ0n) is 10.7. The first kappa shape index (κ1) is 13.9. The Bertz CT molecular complexity index is 471. The normalized spacial score (nSPS) is 17.4. The van der Waals surface area contributed by atoms with E-state index in [0.717, 1.165) is 43.9 Å². The Morgan fingerprint density at radius 1 is 1.32 bits per heavy atom. The summed E-state index contributed by atoms with van der Waals surface area (Å²) in [5.41, 5.74) is 5.33. The summed E-state index contributed by atoms with van der Waals surface area (Å²) < 4.78 is 26.4. The fourth-order valence-electron chi connectivity index (χ4n) is 2.62. The number of carbonyl (C=O) groups excluding carboxylic acids is 1. The van der Waals surface area contributed by atoms with Gasteiger partial charge in [-0.05, 0) is 31.0 Å². The van der Waals surface area contributed by atoms with E-state index in [2.05, 4.69) is 5.32 Å². The lowest BCUT2D eigenvalue weighted by molar-refractivity contribution is -0.130. The van der Waals surface area contributed by atoms with Gasteiger partial charge in [0.15, 0.2) is 0 Å². The number of rotatable bonds is 4. The summed E-state index contributed by atoms with van der Waals surface area (Å²) in [5, 5.41) is 2.68. The summed E-state index contributed by atoms with van der Waals surface area (Å²) >= 11 is 0. The van der Waals surface area contributed by atoms with E-state index in [1.807, 2.05) is 0 Å². The third kappa shape index (κ3) is 2.92. The first-order valence-corrected chi connectivity index (χ1v) is 6.50. The van der Waals surface area contributed by atoms with Gasteiger partial charge in [0.25, 0.3) is 0 Å². The van der Waals surface area contributed by atoms with Crippen LogP contribution >= 0.6 is 0 Å². The predicted octanol–water partition coefficient (Wildman–Crippen LogP) is 2.10. The molecule has 5 heteroatoms. The summed E-state index contributed by atoms with van der Waals surface area (Å²) in [6.45, 7) is 0.286. The molecule has 1 aliphatic rings. The van der Waals surface area contributed by atoms with Gasteiger partial charge in [0.1, 0.15) is 11.6 Å². The third-order valence-corrected chi connectivity index (χ3v) is 3.88. The molecular formula is C14H18F2N2O. The maximum absolute atomic E-state index is 13.4. The standard InChI is InChI=1S/C14H18F2N2O/c15-11-3-4-12(16)10(7-11)8-18-13(19)14(9-17)5-1-2-6-14/h3-4,7H,1-2,5-6,8-9,17H2,(H,18,19). The van der Waals surface area contributed by atoms with Crippen molar-refractivity contribution in [3.63, 3.8) is 0 Å². The number of benzene rings is 1. The van der Waals surface area contributed by atoms with Crippen LogP contribution in [0, 0.1) is 17.0 Å². The van der Waals surface area contributed by atoms with Crippen molar-refractivity contribution in [2.75, 3.05) is 6.54 Å². The maximum Gasteiger partial charge on any atom is 0.227 e. The Morgan fingerprint density at radius 2 is 2.00 bits per heavy atom. The first-order chi connectivity index (χ1) is 9.07. The molecule has 0 spiro atoms. The Hall–Kier alpha value is -1.49. The van der Waals surface area contributed by atoms with Gasteiger partial charge in [0.05, 0.1) is 5.41 Å². The van der Waals surface area contributed by atoms with Gasteiger partial charge in [-0.1, -0.05) is 12.8 Å². The van der Waals surface area contributed by atoms with Crippen molar-refractivity contribution in [1.29, 1.82) is 0 Å². The van der Waals surface area contributed by atoms with Crippen LogP contribution in [-0.4, -0.2) is 12.5 Å². The zero-order chi connectivity index (χ0) is 13.9. The molecule has 0 radical (unpaired) electrons. The van der Waals surface area contributed by atoms with Gasteiger partial charge in [0.2, 0.25) is 5.91 Å². The summed E-state index contributed by atoms with van der Waals surface area (Å²) in [6.07, 6.45) is 3.50. The van der Waals surface area contributed by atoms with Crippen LogP contribution in [0.3, 0.4) is 0 Å². The smallest absolute Gasteiger partial charge is 0.227 e. The van der Waals surface area contributed by atoms with Crippen molar-refractivity contribution in [2.45, 2.75) is 32.2 Å². The van der Waals surface area contributed by atoms with Crippen molar-refractivity contribution in [1.82, 2.24) is 5.32 Å². The average Bonchev–Trinajstić information content (AvgIpc) is 2.89. The van der Waals surface area contributed by atoms with Gasteiger partial charge in [-0.3, -0.25) is 4.79 Å². The minimum Gasteiger partial charge on any atom is -0.351 e. The molecule has 3 nitrogen and oxygen atoms in total. The van der Waals surface area contributed by atoms with Crippen LogP contribution in [0.25, 0.3) is 0 Å². The summed E-state index contributed by atoms with van der Waals surface area (Å²) in [5.74, 6) is -1.19. The van der Waals surface area contributed by atoms with Gasteiger partial charge in [0, 0.05) is 18.7 Å². The maximum atomic E-state index is 13.4. The summed E-state index contributed by atoms with van der Waals surface area (Å²) in [6, 6.07) is 3.21. The molecule has 1 aromatic rings. The highest BCUT2D eigenvalue weighted by Gasteiger charge is 2.39. The predicted molar refractivity (Wildman–Crippen MR) is 68.2 cm³/mol. The molecule has 19 heavy (non-hydrogen) atoms. The zero-order valence-corrected chi connectivity index (χ0v) is 10.7. The number of nitrogens with one attached hydrogen (secondary N) is 1. The quantitative estimate of drug-likeness (QED) is 0.878. The molecule has 104 valence electrons. The summed E-state index contributed by atoms with van der Waals surface area (Å²) in [4.78, 5) is 12.2. The number of hydrogen-bond donors (Lipinski definition) is 2. The minimum absolute atomic E-state index is 0.00975. The molecule has 1 aliphatic carbocycles. The van der Waals surface area contributed by atoms with Crippen molar-refractivity contribution in [3.05, 3.63) is 35.4 Å². The van der Waals surface area contributed by atoms with Gasteiger partial charge in [-0.2, -0.15) is 0 Å². The van der Waals surface area contributed by atoms with Crippen molar-refractivity contribution in [2.24, 2.45) is 11.1 Å². The van der Waals surface area contributed by atoms with Crippen LogP contribution in [0.5, 0.6) is 0 Å². The fourth-order valence-corrected chi connectivity index (χ4v) is 2.62. The van der Waals surface area contributed by atoms with E-state index in [-0.39, 0.29) is 18.0 Å². The minimum atomic E-state index is -0.524. The van der Waals surface area contributed by atoms with E-state index in [9.17, 15) is 13.6 Å². The molecule has 0 heterocycles. The SMILES string of the molecule is NCC1(C(=O)NCc2cc(F)ccc2F)CCCC1. The van der Waals surface area contributed by atoms with E-state index in [4.69, 9.17) is 5.73 Å². The molecule has 0 bridgehead atoms. The average molecular weight is 268 g/mol. The molecule has 3 N–H and O–H groups in total. The van der Waals surface area contributed by atoms with Crippen LogP contribution in [0.1, 0.15) is 31.2 Å². The number of halogens is 2. The number of nitrogens with two attached hydrogens (primary N) is 1. The van der Waals surface area contributed by atoms with E-state index >= 15 is 0 Å². The number of hydrogen-bond acceptors (Lipinski definition) is 2.